The number of nitrogens with one attached hydrogen (secondary N) is 1. The number of halogens is 1. The van der Waals surface area contributed by atoms with Crippen LogP contribution in [0, 0.1) is 10.1 Å². The molecule has 1 amide bonds. The average Bonchev–Trinajstić information content (AvgIpc) is 2.75. The lowest BCUT2D eigenvalue weighted by molar-refractivity contribution is -0.385. The predicted octanol–water partition coefficient (Wildman–Crippen LogP) is 4.84. The maximum Gasteiger partial charge on any atom is 0.313 e. The smallest absolute Gasteiger partial charge is 0.313 e. The van der Waals surface area contributed by atoms with Crippen LogP contribution in [-0.2, 0) is 6.42 Å². The van der Waals surface area contributed by atoms with E-state index in [9.17, 15) is 20.0 Å². The summed E-state index contributed by atoms with van der Waals surface area (Å²) in [7, 11) is 1.61. The Hall–Kier alpha value is -3.78. The molecule has 0 aliphatic heterocycles. The monoisotopic (exact) mass is 442 g/mol. The van der Waals surface area contributed by atoms with Crippen LogP contribution in [0.2, 0.25) is 5.02 Å². The van der Waals surface area contributed by atoms with Gasteiger partial charge in [0, 0.05) is 29.3 Å². The fourth-order valence-corrected chi connectivity index (χ4v) is 3.16. The molecule has 0 heterocycles. The topological polar surface area (TPSA) is 111 Å². The standard InChI is InChI=1S/C22H19ClN2O6/c1-30-20-8-3-2-5-14(20)9-10-31-17-7-4-6-16(13-17)24-22(27)18-11-15(23)12-19(21(18)26)25(28)29/h2-8,11-13,26H,9-10H2,1H3,(H,24,27). The van der Waals surface area contributed by atoms with Crippen molar-refractivity contribution in [3.8, 4) is 17.2 Å². The molecule has 0 saturated carbocycles. The summed E-state index contributed by atoms with van der Waals surface area (Å²) in [5, 5.41) is 23.6. The third-order valence-corrected chi connectivity index (χ3v) is 4.64. The van der Waals surface area contributed by atoms with Gasteiger partial charge in [-0.15, -0.1) is 0 Å². The van der Waals surface area contributed by atoms with Crippen molar-refractivity contribution in [2.24, 2.45) is 0 Å². The highest BCUT2D eigenvalue weighted by atomic mass is 35.5. The van der Waals surface area contributed by atoms with Crippen LogP contribution in [0.1, 0.15) is 15.9 Å². The Kier molecular flexibility index (Phi) is 6.94. The summed E-state index contributed by atoms with van der Waals surface area (Å²) in [5.41, 5.74) is 0.446. The summed E-state index contributed by atoms with van der Waals surface area (Å²) in [4.78, 5) is 22.8. The molecule has 0 bridgehead atoms. The Bertz CT molecular complexity index is 1120. The van der Waals surface area contributed by atoms with Crippen molar-refractivity contribution in [3.05, 3.63) is 86.9 Å². The minimum atomic E-state index is -0.811. The summed E-state index contributed by atoms with van der Waals surface area (Å²) >= 11 is 5.84. The number of aromatic hydroxyl groups is 1. The number of phenols is 1. The van der Waals surface area contributed by atoms with Crippen LogP contribution in [0.15, 0.2) is 60.7 Å². The summed E-state index contributed by atoms with van der Waals surface area (Å²) in [6.45, 7) is 0.388. The third kappa shape index (κ3) is 5.43. The number of hydrogen-bond acceptors (Lipinski definition) is 6. The minimum absolute atomic E-state index is 0.0388. The molecule has 0 unspecified atom stereocenters. The van der Waals surface area contributed by atoms with Crippen LogP contribution in [-0.4, -0.2) is 29.7 Å². The van der Waals surface area contributed by atoms with Crippen LogP contribution in [0.25, 0.3) is 0 Å². The maximum atomic E-state index is 12.5. The van der Waals surface area contributed by atoms with Crippen molar-refractivity contribution in [2.45, 2.75) is 6.42 Å². The number of benzene rings is 3. The first-order valence-electron chi connectivity index (χ1n) is 9.22. The third-order valence-electron chi connectivity index (χ3n) is 4.42. The van der Waals surface area contributed by atoms with Gasteiger partial charge in [-0.2, -0.15) is 0 Å². The maximum absolute atomic E-state index is 12.5. The van der Waals surface area contributed by atoms with E-state index in [-0.39, 0.29) is 10.6 Å². The second-order valence-corrected chi connectivity index (χ2v) is 6.91. The second kappa shape index (κ2) is 9.82. The van der Waals surface area contributed by atoms with Crippen LogP contribution in [0.5, 0.6) is 17.2 Å². The van der Waals surface area contributed by atoms with E-state index in [2.05, 4.69) is 5.32 Å². The molecular formula is C22H19ClN2O6. The number of anilines is 1. The molecule has 3 rings (SSSR count). The largest absolute Gasteiger partial charge is 0.502 e. The Labute approximate surface area is 183 Å². The lowest BCUT2D eigenvalue weighted by Gasteiger charge is -2.11. The van der Waals surface area contributed by atoms with Crippen molar-refractivity contribution < 1.29 is 24.3 Å². The van der Waals surface area contributed by atoms with E-state index in [4.69, 9.17) is 21.1 Å². The predicted molar refractivity (Wildman–Crippen MR) is 116 cm³/mol. The average molecular weight is 443 g/mol. The van der Waals surface area contributed by atoms with Gasteiger partial charge in [-0.3, -0.25) is 14.9 Å². The first kappa shape index (κ1) is 21.9. The number of ether oxygens (including phenoxy) is 2. The first-order valence-corrected chi connectivity index (χ1v) is 9.60. The molecule has 0 saturated heterocycles. The van der Waals surface area contributed by atoms with E-state index in [1.54, 1.807) is 31.4 Å². The van der Waals surface area contributed by atoms with Crippen molar-refractivity contribution in [1.29, 1.82) is 0 Å². The number of hydrogen-bond donors (Lipinski definition) is 2. The number of methoxy groups -OCH3 is 1. The zero-order valence-electron chi connectivity index (χ0n) is 16.5. The molecule has 0 spiro atoms. The number of carbonyl (C=O) groups excluding carboxylic acids is 1. The number of phenolic OH excluding ortho intramolecular Hbond substituents is 1. The Balaban J connectivity index is 1.68. The Morgan fingerprint density at radius 3 is 2.68 bits per heavy atom. The highest BCUT2D eigenvalue weighted by Crippen LogP contribution is 2.33. The van der Waals surface area contributed by atoms with E-state index < -0.39 is 22.3 Å². The zero-order valence-corrected chi connectivity index (χ0v) is 17.3. The van der Waals surface area contributed by atoms with Crippen molar-refractivity contribution in [2.75, 3.05) is 19.0 Å². The zero-order chi connectivity index (χ0) is 22.4. The van der Waals surface area contributed by atoms with Crippen LogP contribution in [0.4, 0.5) is 11.4 Å². The number of nitrogens with zero attached hydrogens (tertiary/aromatic N) is 1. The molecule has 0 fully saturated rings. The number of carbonyl (C=O) groups is 1. The summed E-state index contributed by atoms with van der Waals surface area (Å²) in [6, 6.07) is 16.4. The van der Waals surface area contributed by atoms with Crippen molar-refractivity contribution in [3.63, 3.8) is 0 Å². The van der Waals surface area contributed by atoms with Gasteiger partial charge in [0.05, 0.1) is 24.2 Å². The first-order chi connectivity index (χ1) is 14.9. The lowest BCUT2D eigenvalue weighted by Crippen LogP contribution is -2.13. The fraction of sp³-hybridized carbons (Fsp3) is 0.136. The number of para-hydroxylation sites is 1. The minimum Gasteiger partial charge on any atom is -0.502 e. The highest BCUT2D eigenvalue weighted by Gasteiger charge is 2.23. The van der Waals surface area contributed by atoms with Gasteiger partial charge in [-0.05, 0) is 29.8 Å². The molecule has 0 aliphatic carbocycles. The molecule has 8 nitrogen and oxygen atoms in total. The van der Waals surface area contributed by atoms with Gasteiger partial charge in [0.15, 0.2) is 0 Å². The van der Waals surface area contributed by atoms with E-state index in [0.29, 0.717) is 24.5 Å². The second-order valence-electron chi connectivity index (χ2n) is 6.47. The Morgan fingerprint density at radius 1 is 1.16 bits per heavy atom. The molecule has 0 radical (unpaired) electrons. The molecule has 2 N–H and O–H groups in total. The molecule has 160 valence electrons. The van der Waals surface area contributed by atoms with Gasteiger partial charge in [0.25, 0.3) is 5.91 Å². The molecule has 31 heavy (non-hydrogen) atoms. The number of amides is 1. The van der Waals surface area contributed by atoms with Crippen LogP contribution in [0.3, 0.4) is 0 Å². The van der Waals surface area contributed by atoms with Gasteiger partial charge >= 0.3 is 5.69 Å². The van der Waals surface area contributed by atoms with E-state index >= 15 is 0 Å². The normalized spacial score (nSPS) is 10.4. The van der Waals surface area contributed by atoms with Crippen LogP contribution < -0.4 is 14.8 Å². The lowest BCUT2D eigenvalue weighted by atomic mass is 10.1. The van der Waals surface area contributed by atoms with E-state index in [1.165, 1.54) is 0 Å². The summed E-state index contributed by atoms with van der Waals surface area (Å²) < 4.78 is 11.1. The van der Waals surface area contributed by atoms with Gasteiger partial charge in [-0.25, -0.2) is 0 Å². The number of nitro groups is 1. The summed E-state index contributed by atoms with van der Waals surface area (Å²) in [6.07, 6.45) is 0.626. The molecular weight excluding hydrogens is 424 g/mol. The molecule has 0 atom stereocenters. The summed E-state index contributed by atoms with van der Waals surface area (Å²) in [5.74, 6) is -0.193. The number of rotatable bonds is 8. The van der Waals surface area contributed by atoms with E-state index in [1.807, 2.05) is 24.3 Å². The van der Waals surface area contributed by atoms with Gasteiger partial charge < -0.3 is 19.9 Å². The van der Waals surface area contributed by atoms with E-state index in [0.717, 1.165) is 23.4 Å². The highest BCUT2D eigenvalue weighted by molar-refractivity contribution is 6.31. The fourth-order valence-electron chi connectivity index (χ4n) is 2.95. The van der Waals surface area contributed by atoms with Crippen LogP contribution >= 0.6 is 11.6 Å². The molecule has 0 aromatic heterocycles. The van der Waals surface area contributed by atoms with Crippen molar-refractivity contribution >= 4 is 28.9 Å². The van der Waals surface area contributed by atoms with Gasteiger partial charge in [0.1, 0.15) is 11.5 Å². The molecule has 3 aromatic carbocycles. The quantitative estimate of drug-likeness (QED) is 0.381. The molecule has 0 aliphatic rings. The SMILES string of the molecule is COc1ccccc1CCOc1cccc(NC(=O)c2cc(Cl)cc([N+](=O)[O-])c2O)c1. The molecule has 3 aromatic rings. The van der Waals surface area contributed by atoms with Crippen molar-refractivity contribution in [1.82, 2.24) is 0 Å². The van der Waals surface area contributed by atoms with Gasteiger partial charge in [0.2, 0.25) is 5.75 Å². The Morgan fingerprint density at radius 2 is 1.94 bits per heavy atom. The number of nitro benzene ring substituents is 1. The molecule has 9 heteroatoms. The van der Waals surface area contributed by atoms with Gasteiger partial charge in [-0.1, -0.05) is 35.9 Å².